The maximum absolute atomic E-state index is 12.2. The molecule has 1 amide bonds. The fraction of sp³-hybridized carbons (Fsp3) is 0.562. The van der Waals surface area contributed by atoms with Crippen LogP contribution in [0.25, 0.3) is 0 Å². The highest BCUT2D eigenvalue weighted by Gasteiger charge is 2.30. The fourth-order valence-electron chi connectivity index (χ4n) is 3.07. The molecular weight excluding hydrogens is 318 g/mol. The lowest BCUT2D eigenvalue weighted by Gasteiger charge is -2.27. The van der Waals surface area contributed by atoms with E-state index in [0.717, 1.165) is 17.9 Å². The van der Waals surface area contributed by atoms with Crippen LogP contribution in [0.5, 0.6) is 5.75 Å². The van der Waals surface area contributed by atoms with Gasteiger partial charge in [0.25, 0.3) is 5.91 Å². The van der Waals surface area contributed by atoms with Crippen molar-refractivity contribution in [2.24, 2.45) is 5.92 Å². The lowest BCUT2D eigenvalue weighted by Crippen LogP contribution is -2.41. The minimum Gasteiger partial charge on any atom is -0.480 e. The third-order valence-corrected chi connectivity index (χ3v) is 5.50. The molecule has 3 unspecified atom stereocenters. The van der Waals surface area contributed by atoms with Crippen LogP contribution in [0, 0.1) is 5.92 Å². The predicted molar refractivity (Wildman–Crippen MR) is 82.2 cm³/mol. The smallest absolute Gasteiger partial charge is 0.261 e. The first-order valence-electron chi connectivity index (χ1n) is 7.40. The summed E-state index contributed by atoms with van der Waals surface area (Å²) in [5.41, 5.74) is 1.13. The van der Waals surface area contributed by atoms with Gasteiger partial charge >= 0.3 is 0 Å². The summed E-state index contributed by atoms with van der Waals surface area (Å²) in [5, 5.41) is 3.07. The van der Waals surface area contributed by atoms with Crippen molar-refractivity contribution in [3.8, 4) is 5.75 Å². The van der Waals surface area contributed by atoms with Gasteiger partial charge in [-0.2, -0.15) is 0 Å². The van der Waals surface area contributed by atoms with Crippen LogP contribution in [0.3, 0.4) is 0 Å². The Bertz CT molecular complexity index is 466. The van der Waals surface area contributed by atoms with E-state index in [-0.39, 0.29) is 12.0 Å². The van der Waals surface area contributed by atoms with Gasteiger partial charge in [-0.3, -0.25) is 4.79 Å². The zero-order valence-electron chi connectivity index (χ0n) is 11.5. The Morgan fingerprint density at radius 2 is 2.10 bits per heavy atom. The monoisotopic (exact) mass is 337 g/mol. The standard InChI is InChI=1S/C16H20BrNO2/c17-13-7-3-1-6-12(13)10-18-16(19)15-9-11-5-2-4-8-14(11)20-15/h2,4-5,8,12-13,15H,1,3,6-7,9-10H2,(H,18,19). The summed E-state index contributed by atoms with van der Waals surface area (Å²) >= 11 is 3.73. The van der Waals surface area contributed by atoms with Gasteiger partial charge in [-0.15, -0.1) is 0 Å². The van der Waals surface area contributed by atoms with Gasteiger partial charge in [0, 0.05) is 17.8 Å². The number of benzene rings is 1. The molecule has 4 heteroatoms. The summed E-state index contributed by atoms with van der Waals surface area (Å²) in [7, 11) is 0. The number of carbonyl (C=O) groups excluding carboxylic acids is 1. The van der Waals surface area contributed by atoms with E-state index in [1.807, 2.05) is 24.3 Å². The van der Waals surface area contributed by atoms with Crippen molar-refractivity contribution in [3.05, 3.63) is 29.8 Å². The molecule has 0 spiro atoms. The van der Waals surface area contributed by atoms with Crippen LogP contribution >= 0.6 is 15.9 Å². The van der Waals surface area contributed by atoms with Gasteiger partial charge in [-0.05, 0) is 30.4 Å². The molecular formula is C16H20BrNO2. The van der Waals surface area contributed by atoms with Crippen LogP contribution in [-0.4, -0.2) is 23.4 Å². The minimum atomic E-state index is -0.357. The lowest BCUT2D eigenvalue weighted by molar-refractivity contribution is -0.127. The molecule has 108 valence electrons. The van der Waals surface area contributed by atoms with E-state index in [1.54, 1.807) is 0 Å². The number of fused-ring (bicyclic) bond motifs is 1. The Balaban J connectivity index is 1.51. The normalized spacial score (nSPS) is 28.6. The summed E-state index contributed by atoms with van der Waals surface area (Å²) in [4.78, 5) is 12.8. The van der Waals surface area contributed by atoms with E-state index in [9.17, 15) is 4.79 Å². The molecule has 0 aromatic heterocycles. The molecule has 1 aliphatic carbocycles. The van der Waals surface area contributed by atoms with Crippen LogP contribution in [0.4, 0.5) is 0 Å². The Kier molecular flexibility index (Phi) is 4.29. The van der Waals surface area contributed by atoms with E-state index < -0.39 is 0 Å². The number of amides is 1. The Labute approximate surface area is 128 Å². The highest BCUT2D eigenvalue weighted by atomic mass is 79.9. The third-order valence-electron chi connectivity index (χ3n) is 4.29. The highest BCUT2D eigenvalue weighted by molar-refractivity contribution is 9.09. The number of halogens is 1. The average Bonchev–Trinajstić information content (AvgIpc) is 2.90. The maximum atomic E-state index is 12.2. The molecule has 1 N–H and O–H groups in total. The summed E-state index contributed by atoms with van der Waals surface area (Å²) < 4.78 is 5.71. The second kappa shape index (κ2) is 6.17. The number of carbonyl (C=O) groups is 1. The number of alkyl halides is 1. The molecule has 1 aromatic rings. The molecule has 0 bridgehead atoms. The van der Waals surface area contributed by atoms with Crippen LogP contribution < -0.4 is 10.1 Å². The number of para-hydroxylation sites is 1. The van der Waals surface area contributed by atoms with Crippen molar-refractivity contribution in [3.63, 3.8) is 0 Å². The van der Waals surface area contributed by atoms with Gasteiger partial charge < -0.3 is 10.1 Å². The summed E-state index contributed by atoms with van der Waals surface area (Å²) in [5.74, 6) is 1.42. The summed E-state index contributed by atoms with van der Waals surface area (Å²) in [6.45, 7) is 0.755. The van der Waals surface area contributed by atoms with E-state index in [4.69, 9.17) is 4.74 Å². The van der Waals surface area contributed by atoms with Crippen molar-refractivity contribution in [2.75, 3.05) is 6.54 Å². The Hall–Kier alpha value is -1.03. The molecule has 1 aromatic carbocycles. The van der Waals surface area contributed by atoms with Crippen LogP contribution in [0.1, 0.15) is 31.2 Å². The quantitative estimate of drug-likeness (QED) is 0.861. The zero-order chi connectivity index (χ0) is 13.9. The lowest BCUT2D eigenvalue weighted by atomic mass is 9.89. The minimum absolute atomic E-state index is 0.0199. The number of rotatable bonds is 3. The van der Waals surface area contributed by atoms with Gasteiger partial charge in [0.15, 0.2) is 6.10 Å². The number of hydrogen-bond donors (Lipinski definition) is 1. The SMILES string of the molecule is O=C(NCC1CCCCC1Br)C1Cc2ccccc2O1. The van der Waals surface area contributed by atoms with Crippen molar-refractivity contribution in [1.82, 2.24) is 5.32 Å². The zero-order valence-corrected chi connectivity index (χ0v) is 13.1. The van der Waals surface area contributed by atoms with Crippen molar-refractivity contribution < 1.29 is 9.53 Å². The van der Waals surface area contributed by atoms with E-state index >= 15 is 0 Å². The second-order valence-corrected chi connectivity index (χ2v) is 6.90. The van der Waals surface area contributed by atoms with Crippen LogP contribution in [0.2, 0.25) is 0 Å². The van der Waals surface area contributed by atoms with Gasteiger partial charge in [0.05, 0.1) is 0 Å². The number of hydrogen-bond acceptors (Lipinski definition) is 2. The fourth-order valence-corrected chi connectivity index (χ4v) is 3.84. The van der Waals surface area contributed by atoms with E-state index in [0.29, 0.717) is 17.2 Å². The molecule has 3 nitrogen and oxygen atoms in total. The summed E-state index contributed by atoms with van der Waals surface area (Å²) in [6.07, 6.45) is 5.30. The molecule has 0 radical (unpaired) electrons. The van der Waals surface area contributed by atoms with Gasteiger partial charge in [-0.1, -0.05) is 47.0 Å². The molecule has 2 aliphatic rings. The Morgan fingerprint density at radius 3 is 2.90 bits per heavy atom. The predicted octanol–water partition coefficient (Wildman–Crippen LogP) is 3.06. The number of nitrogens with one attached hydrogen (secondary N) is 1. The summed E-state index contributed by atoms with van der Waals surface area (Å²) in [6, 6.07) is 7.88. The molecule has 1 aliphatic heterocycles. The van der Waals surface area contributed by atoms with Crippen LogP contribution in [-0.2, 0) is 11.2 Å². The molecule has 3 atom stereocenters. The van der Waals surface area contributed by atoms with Gasteiger partial charge in [0.1, 0.15) is 5.75 Å². The molecule has 0 saturated heterocycles. The molecule has 1 heterocycles. The van der Waals surface area contributed by atoms with Crippen LogP contribution in [0.15, 0.2) is 24.3 Å². The second-order valence-electron chi connectivity index (χ2n) is 5.72. The largest absolute Gasteiger partial charge is 0.480 e. The topological polar surface area (TPSA) is 38.3 Å². The first kappa shape index (κ1) is 13.9. The molecule has 20 heavy (non-hydrogen) atoms. The average molecular weight is 338 g/mol. The first-order chi connectivity index (χ1) is 9.74. The molecule has 3 rings (SSSR count). The van der Waals surface area contributed by atoms with Crippen molar-refractivity contribution in [2.45, 2.75) is 43.0 Å². The molecule has 1 fully saturated rings. The van der Waals surface area contributed by atoms with E-state index in [2.05, 4.69) is 21.2 Å². The number of ether oxygens (including phenoxy) is 1. The Morgan fingerprint density at radius 1 is 1.30 bits per heavy atom. The van der Waals surface area contributed by atoms with Gasteiger partial charge in [-0.25, -0.2) is 0 Å². The van der Waals surface area contributed by atoms with E-state index in [1.165, 1.54) is 25.7 Å². The van der Waals surface area contributed by atoms with Gasteiger partial charge in [0.2, 0.25) is 0 Å². The maximum Gasteiger partial charge on any atom is 0.261 e. The van der Waals surface area contributed by atoms with Crippen molar-refractivity contribution >= 4 is 21.8 Å². The van der Waals surface area contributed by atoms with Crippen molar-refractivity contribution in [1.29, 1.82) is 0 Å². The highest BCUT2D eigenvalue weighted by Crippen LogP contribution is 2.30. The first-order valence-corrected chi connectivity index (χ1v) is 8.32. The third kappa shape index (κ3) is 3.00. The molecule has 1 saturated carbocycles.